The minimum atomic E-state index is -5.19. The van der Waals surface area contributed by atoms with Gasteiger partial charge in [-0.1, -0.05) is 0 Å². The van der Waals surface area contributed by atoms with Crippen LogP contribution < -0.4 is 32.5 Å². The van der Waals surface area contributed by atoms with E-state index < -0.39 is 36.4 Å². The lowest BCUT2D eigenvalue weighted by molar-refractivity contribution is -0.362. The predicted molar refractivity (Wildman–Crippen MR) is 73.5 cm³/mol. The van der Waals surface area contributed by atoms with Gasteiger partial charge in [0.1, 0.15) is 17.9 Å². The lowest BCUT2D eigenvalue weighted by atomic mass is 10.7. The maximum absolute atomic E-state index is 10.5. The molecule has 0 aliphatic carbocycles. The molecular formula is C12H24F9N3O6. The van der Waals surface area contributed by atoms with Crippen molar-refractivity contribution >= 4 is 17.9 Å². The summed E-state index contributed by atoms with van der Waals surface area (Å²) in [5.74, 6) is -9.02. The smallest absolute Gasteiger partial charge is 0.430 e. The van der Waals surface area contributed by atoms with E-state index in [0.29, 0.717) is 0 Å². The van der Waals surface area contributed by atoms with Crippen molar-refractivity contribution in [3.8, 4) is 0 Å². The zero-order valence-electron chi connectivity index (χ0n) is 16.1. The highest BCUT2D eigenvalue weighted by Crippen LogP contribution is 2.12. The van der Waals surface area contributed by atoms with Gasteiger partial charge in [-0.05, 0) is 20.8 Å². The highest BCUT2D eigenvalue weighted by atomic mass is 19.4. The average molecular weight is 477 g/mol. The fourth-order valence-electron chi connectivity index (χ4n) is 0. The van der Waals surface area contributed by atoms with Crippen LogP contribution in [-0.2, 0) is 14.4 Å². The normalized spacial score (nSPS) is 9.70. The van der Waals surface area contributed by atoms with Crippen molar-refractivity contribution in [2.24, 2.45) is 0 Å². The fraction of sp³-hybridized carbons (Fsp3) is 0.750. The molecule has 0 aliphatic rings. The van der Waals surface area contributed by atoms with Gasteiger partial charge < -0.3 is 46.9 Å². The Hall–Kier alpha value is -2.34. The SMILES string of the molecule is CC[NH3+].CC[NH3+].CC[NH3+].O=C([O-])C(F)(F)F.O=C([O-])C(F)(F)F.O=C([O-])C(F)(F)F. The van der Waals surface area contributed by atoms with Gasteiger partial charge in [-0.15, -0.1) is 0 Å². The minimum Gasteiger partial charge on any atom is -0.542 e. The summed E-state index contributed by atoms with van der Waals surface area (Å²) in [4.78, 5) is 26.4. The molecule has 0 saturated heterocycles. The van der Waals surface area contributed by atoms with Crippen molar-refractivity contribution in [2.75, 3.05) is 19.6 Å². The van der Waals surface area contributed by atoms with E-state index in [0.717, 1.165) is 19.6 Å². The van der Waals surface area contributed by atoms with E-state index in [4.69, 9.17) is 29.7 Å². The van der Waals surface area contributed by atoms with Crippen LogP contribution in [0.15, 0.2) is 0 Å². The van der Waals surface area contributed by atoms with Crippen molar-refractivity contribution in [1.82, 2.24) is 0 Å². The second-order valence-corrected chi connectivity index (χ2v) is 3.86. The van der Waals surface area contributed by atoms with Crippen molar-refractivity contribution in [3.05, 3.63) is 0 Å². The van der Waals surface area contributed by atoms with E-state index in [1.54, 1.807) is 0 Å². The Balaban J connectivity index is -0.0000000603. The summed E-state index contributed by atoms with van der Waals surface area (Å²) >= 11 is 0. The molecule has 0 saturated carbocycles. The molecule has 0 aromatic rings. The summed E-state index contributed by atoms with van der Waals surface area (Å²) in [7, 11) is 0. The predicted octanol–water partition coefficient (Wildman–Crippen LogP) is -4.36. The van der Waals surface area contributed by atoms with Gasteiger partial charge in [0.25, 0.3) is 0 Å². The third-order valence-corrected chi connectivity index (χ3v) is 0.694. The van der Waals surface area contributed by atoms with Gasteiger partial charge in [-0.3, -0.25) is 0 Å². The van der Waals surface area contributed by atoms with E-state index >= 15 is 0 Å². The molecular weight excluding hydrogens is 453 g/mol. The standard InChI is InChI=1S/3C2HF3O2.3C2H7N/c3*3-2(4,5)1(6)7;3*1-2-3/h3*(H,6,7);3*2-3H2,1H3. The van der Waals surface area contributed by atoms with Crippen LogP contribution in [0.3, 0.4) is 0 Å². The number of quaternary nitrogens is 3. The molecule has 9 N–H and O–H groups in total. The van der Waals surface area contributed by atoms with Crippen LogP contribution in [0.25, 0.3) is 0 Å². The fourth-order valence-corrected chi connectivity index (χ4v) is 0. The average Bonchev–Trinajstić information content (AvgIpc) is 2.47. The summed E-state index contributed by atoms with van der Waals surface area (Å²) in [6, 6.07) is 0. The molecule has 0 rings (SSSR count). The topological polar surface area (TPSA) is 203 Å². The molecule has 0 aromatic heterocycles. The summed E-state index contributed by atoms with van der Waals surface area (Å²) in [6.07, 6.45) is -15.6. The molecule has 0 spiro atoms. The van der Waals surface area contributed by atoms with Crippen molar-refractivity contribution < 1.29 is 86.4 Å². The van der Waals surface area contributed by atoms with Crippen LogP contribution in [0.5, 0.6) is 0 Å². The summed E-state index contributed by atoms with van der Waals surface area (Å²) in [5, 5.41) is 26.4. The minimum absolute atomic E-state index is 1.00. The Morgan fingerprint density at radius 2 is 0.567 bits per heavy atom. The second-order valence-electron chi connectivity index (χ2n) is 3.86. The number of carbonyl (C=O) groups is 3. The molecule has 186 valence electrons. The number of carboxylic acids is 3. The Labute approximate surface area is 164 Å². The van der Waals surface area contributed by atoms with Crippen LogP contribution in [0.1, 0.15) is 20.8 Å². The Morgan fingerprint density at radius 3 is 0.567 bits per heavy atom. The van der Waals surface area contributed by atoms with E-state index in [2.05, 4.69) is 17.2 Å². The zero-order valence-corrected chi connectivity index (χ0v) is 16.1. The number of alkyl halides is 9. The Bertz CT molecular complexity index is 365. The Morgan fingerprint density at radius 1 is 0.533 bits per heavy atom. The number of hydrogen-bond acceptors (Lipinski definition) is 6. The van der Waals surface area contributed by atoms with E-state index in [-0.39, 0.29) is 0 Å². The molecule has 0 aromatic carbocycles. The molecule has 0 amide bonds. The first-order chi connectivity index (χ1) is 13.1. The molecule has 0 aliphatic heterocycles. The number of halogens is 9. The number of carboxylic acid groups (broad SMARTS) is 3. The first kappa shape index (κ1) is 41.9. The lowest BCUT2D eigenvalue weighted by Crippen LogP contribution is -2.48. The van der Waals surface area contributed by atoms with Crippen LogP contribution in [-0.4, -0.2) is 56.1 Å². The number of rotatable bonds is 0. The molecule has 18 heteroatoms. The number of carbonyl (C=O) groups excluding carboxylic acids is 3. The summed E-state index contributed by atoms with van der Waals surface area (Å²) in [6.45, 7) is 9.04. The van der Waals surface area contributed by atoms with Crippen molar-refractivity contribution in [2.45, 2.75) is 39.3 Å². The first-order valence-electron chi connectivity index (χ1n) is 7.30. The summed E-state index contributed by atoms with van der Waals surface area (Å²) < 4.78 is 94.6. The first-order valence-corrected chi connectivity index (χ1v) is 7.30. The zero-order chi connectivity index (χ0) is 26.4. The van der Waals surface area contributed by atoms with Crippen LogP contribution >= 0.6 is 0 Å². The lowest BCUT2D eigenvalue weighted by Gasteiger charge is -2.03. The van der Waals surface area contributed by atoms with Gasteiger partial charge in [-0.25, -0.2) is 0 Å². The van der Waals surface area contributed by atoms with Gasteiger partial charge in [0.2, 0.25) is 0 Å². The summed E-state index contributed by atoms with van der Waals surface area (Å²) in [5.41, 5.74) is 10.5. The maximum Gasteiger partial charge on any atom is 0.430 e. The third-order valence-electron chi connectivity index (χ3n) is 0.694. The number of hydrogen-bond donors (Lipinski definition) is 3. The van der Waals surface area contributed by atoms with Crippen molar-refractivity contribution in [3.63, 3.8) is 0 Å². The van der Waals surface area contributed by atoms with Crippen LogP contribution in [0.4, 0.5) is 39.5 Å². The van der Waals surface area contributed by atoms with E-state index in [1.807, 2.05) is 20.8 Å². The quantitative estimate of drug-likeness (QED) is 0.294. The van der Waals surface area contributed by atoms with Gasteiger partial charge in [0, 0.05) is 0 Å². The molecule has 0 fully saturated rings. The highest BCUT2D eigenvalue weighted by Gasteiger charge is 2.29. The van der Waals surface area contributed by atoms with Gasteiger partial charge in [-0.2, -0.15) is 39.5 Å². The largest absolute Gasteiger partial charge is 0.542 e. The van der Waals surface area contributed by atoms with E-state index in [1.165, 1.54) is 0 Å². The van der Waals surface area contributed by atoms with Crippen molar-refractivity contribution in [1.29, 1.82) is 0 Å². The van der Waals surface area contributed by atoms with E-state index in [9.17, 15) is 39.5 Å². The maximum atomic E-state index is 10.5. The third kappa shape index (κ3) is 63.6. The van der Waals surface area contributed by atoms with Gasteiger partial charge in [0.15, 0.2) is 0 Å². The molecule has 0 radical (unpaired) electrons. The number of aliphatic carboxylic acids is 3. The molecule has 9 nitrogen and oxygen atoms in total. The van der Waals surface area contributed by atoms with Gasteiger partial charge in [0.05, 0.1) is 19.6 Å². The second kappa shape index (κ2) is 22.9. The molecule has 30 heavy (non-hydrogen) atoms. The van der Waals surface area contributed by atoms with Gasteiger partial charge >= 0.3 is 18.5 Å². The molecule has 0 bridgehead atoms. The van der Waals surface area contributed by atoms with Crippen LogP contribution in [0, 0.1) is 0 Å². The van der Waals surface area contributed by atoms with Crippen LogP contribution in [0.2, 0.25) is 0 Å². The molecule has 0 atom stereocenters. The molecule has 0 heterocycles. The Kier molecular flexibility index (Phi) is 32.0. The monoisotopic (exact) mass is 477 g/mol. The highest BCUT2D eigenvalue weighted by molar-refractivity contribution is 5.71. The molecule has 0 unspecified atom stereocenters.